The number of rotatable bonds is 4. The zero-order chi connectivity index (χ0) is 13.9. The van der Waals surface area contributed by atoms with E-state index in [0.717, 1.165) is 51.9 Å². The number of hydrogen-bond donors (Lipinski definition) is 0. The minimum absolute atomic E-state index is 0.150. The van der Waals surface area contributed by atoms with Crippen LogP contribution in [-0.2, 0) is 4.43 Å². The van der Waals surface area contributed by atoms with Gasteiger partial charge in [0, 0.05) is 5.60 Å². The van der Waals surface area contributed by atoms with Crippen LogP contribution in [0.4, 0.5) is 0 Å². The van der Waals surface area contributed by atoms with Crippen LogP contribution in [0.1, 0.15) is 65.2 Å². The average molecular weight is 293 g/mol. The molecule has 4 fully saturated rings. The molecule has 7 atom stereocenters. The summed E-state index contributed by atoms with van der Waals surface area (Å²) >= 11 is 0. The van der Waals surface area contributed by atoms with Gasteiger partial charge in [0.05, 0.1) is 0 Å². The second-order valence-corrected chi connectivity index (χ2v) is 9.49. The number of hydrogen-bond acceptors (Lipinski definition) is 1. The molecule has 4 rings (SSSR count). The molecule has 0 aliphatic heterocycles. The highest BCUT2D eigenvalue weighted by molar-refractivity contribution is 5.98. The summed E-state index contributed by atoms with van der Waals surface area (Å²) in [4.78, 5) is 0. The van der Waals surface area contributed by atoms with Gasteiger partial charge in [-0.2, -0.15) is 0 Å². The minimum atomic E-state index is 0.150. The van der Waals surface area contributed by atoms with Crippen molar-refractivity contribution in [2.45, 2.75) is 70.8 Å². The van der Waals surface area contributed by atoms with E-state index in [1.54, 1.807) is 38.5 Å². The first kappa shape index (κ1) is 13.8. The minimum Gasteiger partial charge on any atom is -0.423 e. The Labute approximate surface area is 127 Å². The van der Waals surface area contributed by atoms with Crippen molar-refractivity contribution >= 4 is 10.5 Å². The summed E-state index contributed by atoms with van der Waals surface area (Å²) in [5.41, 5.74) is 0.150. The van der Waals surface area contributed by atoms with E-state index in [0.29, 0.717) is 0 Å². The maximum atomic E-state index is 5.92. The third kappa shape index (κ3) is 2.13. The lowest BCUT2D eigenvalue weighted by Crippen LogP contribution is -2.37. The first-order valence-corrected chi connectivity index (χ1v) is 9.94. The van der Waals surface area contributed by atoms with Crippen LogP contribution < -0.4 is 0 Å². The van der Waals surface area contributed by atoms with Crippen LogP contribution in [0.3, 0.4) is 0 Å². The lowest BCUT2D eigenvalue weighted by atomic mass is 9.65. The second kappa shape index (κ2) is 4.84. The summed E-state index contributed by atoms with van der Waals surface area (Å²) in [5.74, 6) is 7.58. The molecule has 2 heteroatoms. The smallest absolute Gasteiger partial charge is 0.146 e. The summed E-state index contributed by atoms with van der Waals surface area (Å²) in [7, 11) is 0.892. The molecule has 0 heterocycles. The summed E-state index contributed by atoms with van der Waals surface area (Å²) in [6.45, 7) is 4.67. The zero-order valence-electron chi connectivity index (χ0n) is 13.6. The summed E-state index contributed by atoms with van der Waals surface area (Å²) in [5, 5.41) is 0. The molecular weight excluding hydrogens is 260 g/mol. The van der Waals surface area contributed by atoms with Crippen molar-refractivity contribution in [3.05, 3.63) is 0 Å². The molecule has 0 aromatic heterocycles. The molecule has 0 aromatic carbocycles. The molecule has 4 saturated carbocycles. The van der Waals surface area contributed by atoms with Crippen molar-refractivity contribution in [2.24, 2.45) is 41.4 Å². The van der Waals surface area contributed by atoms with E-state index < -0.39 is 0 Å². The van der Waals surface area contributed by atoms with Crippen LogP contribution >= 0.6 is 0 Å². The Balaban J connectivity index is 1.54. The van der Waals surface area contributed by atoms with Crippen LogP contribution in [0.15, 0.2) is 0 Å². The first-order chi connectivity index (χ1) is 9.57. The van der Waals surface area contributed by atoms with E-state index in [2.05, 4.69) is 13.8 Å². The third-order valence-electron chi connectivity index (χ3n) is 7.73. The van der Waals surface area contributed by atoms with Crippen LogP contribution in [0.2, 0.25) is 0 Å². The Morgan fingerprint density at radius 2 is 1.70 bits per heavy atom. The van der Waals surface area contributed by atoms with E-state index >= 15 is 0 Å². The normalized spacial score (nSPS) is 50.4. The second-order valence-electron chi connectivity index (χ2n) is 9.08. The van der Waals surface area contributed by atoms with Crippen molar-refractivity contribution in [2.75, 3.05) is 0 Å². The van der Waals surface area contributed by atoms with Gasteiger partial charge in [-0.15, -0.1) is 0 Å². The Bertz CT molecular complexity index is 380. The average Bonchev–Trinajstić information content (AvgIpc) is 3.18. The third-order valence-corrected chi connectivity index (χ3v) is 8.83. The summed E-state index contributed by atoms with van der Waals surface area (Å²) in [6.07, 6.45) is 12.3. The molecule has 4 aliphatic rings. The van der Waals surface area contributed by atoms with Crippen LogP contribution in [0.25, 0.3) is 0 Å². The molecule has 0 amide bonds. The molecule has 20 heavy (non-hydrogen) atoms. The van der Waals surface area contributed by atoms with Crippen LogP contribution in [0.5, 0.6) is 0 Å². The fraction of sp³-hybridized carbons (Fsp3) is 1.00. The molecule has 0 aromatic rings. The molecule has 4 bridgehead atoms. The van der Waals surface area contributed by atoms with Gasteiger partial charge in [-0.05, 0) is 100 Å². The topological polar surface area (TPSA) is 9.23 Å². The van der Waals surface area contributed by atoms with Gasteiger partial charge >= 0.3 is 0 Å². The predicted octanol–water partition coefficient (Wildman–Crippen LogP) is 3.55. The van der Waals surface area contributed by atoms with Gasteiger partial charge in [0.25, 0.3) is 0 Å². The lowest BCUT2D eigenvalue weighted by Gasteiger charge is -2.42. The van der Waals surface area contributed by atoms with Crippen molar-refractivity contribution in [1.29, 1.82) is 0 Å². The maximum absolute atomic E-state index is 5.92. The molecule has 1 nitrogen and oxygen atoms in total. The Morgan fingerprint density at radius 3 is 2.35 bits per heavy atom. The highest BCUT2D eigenvalue weighted by Gasteiger charge is 2.55. The van der Waals surface area contributed by atoms with Crippen molar-refractivity contribution in [3.63, 3.8) is 0 Å². The quantitative estimate of drug-likeness (QED) is 0.720. The van der Waals surface area contributed by atoms with E-state index in [-0.39, 0.29) is 5.60 Å². The van der Waals surface area contributed by atoms with Crippen molar-refractivity contribution in [1.82, 2.24) is 0 Å². The highest BCUT2D eigenvalue weighted by Crippen LogP contribution is 2.63. The molecule has 0 N–H and O–H groups in total. The van der Waals surface area contributed by atoms with Gasteiger partial charge in [-0.25, -0.2) is 0 Å². The summed E-state index contributed by atoms with van der Waals surface area (Å²) < 4.78 is 5.92. The van der Waals surface area contributed by atoms with E-state index in [1.807, 2.05) is 0 Å². The van der Waals surface area contributed by atoms with Gasteiger partial charge in [-0.3, -0.25) is 0 Å². The van der Waals surface area contributed by atoms with Gasteiger partial charge in [-0.1, -0.05) is 6.42 Å². The van der Waals surface area contributed by atoms with E-state index in [4.69, 9.17) is 4.43 Å². The van der Waals surface area contributed by atoms with Gasteiger partial charge < -0.3 is 4.43 Å². The molecule has 0 spiro atoms. The highest BCUT2D eigenvalue weighted by atomic mass is 28.2. The number of fused-ring (bicyclic) bond motifs is 4. The molecular formula is C18H32OSi. The predicted molar refractivity (Wildman–Crippen MR) is 86.5 cm³/mol. The SMILES string of the molecule is CC(C)(CC1C2CCC(C2)C1C1CC2CCC1C2)O[SiH3]. The molecule has 114 valence electrons. The fourth-order valence-corrected chi connectivity index (χ4v) is 7.01. The Hall–Kier alpha value is 0.177. The van der Waals surface area contributed by atoms with Crippen molar-refractivity contribution < 1.29 is 4.43 Å². The van der Waals surface area contributed by atoms with Crippen LogP contribution in [-0.4, -0.2) is 16.1 Å². The Morgan fingerprint density at radius 1 is 0.950 bits per heavy atom. The van der Waals surface area contributed by atoms with E-state index in [9.17, 15) is 0 Å². The first-order valence-electron chi connectivity index (χ1n) is 9.12. The van der Waals surface area contributed by atoms with E-state index in [1.165, 1.54) is 12.8 Å². The largest absolute Gasteiger partial charge is 0.423 e. The molecule has 7 unspecified atom stereocenters. The van der Waals surface area contributed by atoms with Gasteiger partial charge in [0.15, 0.2) is 0 Å². The summed E-state index contributed by atoms with van der Waals surface area (Å²) in [6, 6.07) is 0. The maximum Gasteiger partial charge on any atom is 0.146 e. The lowest BCUT2D eigenvalue weighted by molar-refractivity contribution is 0.0302. The standard InChI is InChI=1S/C18H32OSi/c1-18(2,19-20)10-16-13-5-6-14(9-13)17(16)15-8-11-3-4-12(15)7-11/h11-17H,3-10H2,1-2,20H3. The Kier molecular flexibility index (Phi) is 3.34. The van der Waals surface area contributed by atoms with Crippen LogP contribution in [0, 0.1) is 41.4 Å². The molecule has 4 aliphatic carbocycles. The van der Waals surface area contributed by atoms with Crippen molar-refractivity contribution in [3.8, 4) is 0 Å². The van der Waals surface area contributed by atoms with Gasteiger partial charge in [0.2, 0.25) is 0 Å². The monoisotopic (exact) mass is 292 g/mol. The zero-order valence-corrected chi connectivity index (χ0v) is 15.6. The molecule has 0 radical (unpaired) electrons. The molecule has 0 saturated heterocycles. The fourth-order valence-electron chi connectivity index (χ4n) is 6.84. The van der Waals surface area contributed by atoms with Gasteiger partial charge in [0.1, 0.15) is 10.5 Å².